The molecule has 108 valence electrons. The summed E-state index contributed by atoms with van der Waals surface area (Å²) in [4.78, 5) is 4.40. The zero-order valence-corrected chi connectivity index (χ0v) is 12.7. The molecule has 1 heterocycles. The number of hydrogen-bond acceptors (Lipinski definition) is 3. The number of anilines is 3. The SMILES string of the molecule is Cc1ccccc1Nc1ccc(NC(=S)NC2CC2)cn1. The van der Waals surface area contributed by atoms with E-state index in [2.05, 4.69) is 33.9 Å². The fourth-order valence-corrected chi connectivity index (χ4v) is 2.26. The molecule has 0 bridgehead atoms. The molecule has 0 atom stereocenters. The molecule has 1 saturated carbocycles. The molecule has 21 heavy (non-hydrogen) atoms. The molecule has 0 saturated heterocycles. The van der Waals surface area contributed by atoms with Crippen LogP contribution in [-0.4, -0.2) is 16.1 Å². The van der Waals surface area contributed by atoms with Gasteiger partial charge in [0, 0.05) is 11.7 Å². The Morgan fingerprint density at radius 2 is 2.00 bits per heavy atom. The predicted molar refractivity (Wildman–Crippen MR) is 91.1 cm³/mol. The van der Waals surface area contributed by atoms with E-state index in [4.69, 9.17) is 12.2 Å². The summed E-state index contributed by atoms with van der Waals surface area (Å²) >= 11 is 5.24. The highest BCUT2D eigenvalue weighted by molar-refractivity contribution is 7.80. The van der Waals surface area contributed by atoms with Crippen LogP contribution in [0.1, 0.15) is 18.4 Å². The minimum absolute atomic E-state index is 0.556. The van der Waals surface area contributed by atoms with Crippen LogP contribution in [-0.2, 0) is 0 Å². The van der Waals surface area contributed by atoms with Gasteiger partial charge in [-0.25, -0.2) is 4.98 Å². The number of benzene rings is 1. The summed E-state index contributed by atoms with van der Waals surface area (Å²) in [5.74, 6) is 0.816. The second kappa shape index (κ2) is 6.10. The van der Waals surface area contributed by atoms with E-state index < -0.39 is 0 Å². The molecule has 1 aliphatic carbocycles. The van der Waals surface area contributed by atoms with Gasteiger partial charge in [-0.2, -0.15) is 0 Å². The smallest absolute Gasteiger partial charge is 0.171 e. The molecule has 0 aliphatic heterocycles. The minimum atomic E-state index is 0.556. The third-order valence-electron chi connectivity index (χ3n) is 3.34. The number of hydrogen-bond donors (Lipinski definition) is 3. The first kappa shape index (κ1) is 13.8. The summed E-state index contributed by atoms with van der Waals surface area (Å²) in [7, 11) is 0. The largest absolute Gasteiger partial charge is 0.360 e. The second-order valence-corrected chi connectivity index (χ2v) is 5.65. The van der Waals surface area contributed by atoms with Crippen LogP contribution >= 0.6 is 12.2 Å². The maximum atomic E-state index is 5.24. The van der Waals surface area contributed by atoms with E-state index in [-0.39, 0.29) is 0 Å². The van der Waals surface area contributed by atoms with Gasteiger partial charge in [0.05, 0.1) is 11.9 Å². The topological polar surface area (TPSA) is 49.0 Å². The standard InChI is InChI=1S/C16H18N4S/c1-11-4-2-3-5-14(11)20-15-9-8-13(10-17-15)19-16(21)18-12-6-7-12/h2-5,8-10,12H,6-7H2,1H3,(H,17,20)(H2,18,19,21). The molecule has 3 rings (SSSR count). The Kier molecular flexibility index (Phi) is 4.01. The Hall–Kier alpha value is -2.14. The quantitative estimate of drug-likeness (QED) is 0.753. The van der Waals surface area contributed by atoms with Gasteiger partial charge in [-0.3, -0.25) is 0 Å². The van der Waals surface area contributed by atoms with E-state index in [1.165, 1.54) is 18.4 Å². The van der Waals surface area contributed by atoms with Crippen LogP contribution in [0.2, 0.25) is 0 Å². The van der Waals surface area contributed by atoms with Gasteiger partial charge in [-0.05, 0) is 55.7 Å². The molecule has 5 heteroatoms. The van der Waals surface area contributed by atoms with E-state index in [9.17, 15) is 0 Å². The van der Waals surface area contributed by atoms with E-state index in [0.717, 1.165) is 17.2 Å². The van der Waals surface area contributed by atoms with Crippen molar-refractivity contribution >= 4 is 34.5 Å². The lowest BCUT2D eigenvalue weighted by Crippen LogP contribution is -2.30. The fourth-order valence-electron chi connectivity index (χ4n) is 1.97. The lowest BCUT2D eigenvalue weighted by molar-refractivity contribution is 0.919. The number of rotatable bonds is 4. The molecule has 0 amide bonds. The molecule has 1 aromatic carbocycles. The fraction of sp³-hybridized carbons (Fsp3) is 0.250. The molecule has 1 fully saturated rings. The van der Waals surface area contributed by atoms with Gasteiger partial charge in [0.2, 0.25) is 0 Å². The Morgan fingerprint density at radius 3 is 2.67 bits per heavy atom. The number of nitrogens with zero attached hydrogens (tertiary/aromatic N) is 1. The van der Waals surface area contributed by atoms with Crippen molar-refractivity contribution in [1.82, 2.24) is 10.3 Å². The number of para-hydroxylation sites is 1. The summed E-state index contributed by atoms with van der Waals surface area (Å²) in [5.41, 5.74) is 3.15. The lowest BCUT2D eigenvalue weighted by Gasteiger charge is -2.11. The monoisotopic (exact) mass is 298 g/mol. The third-order valence-corrected chi connectivity index (χ3v) is 3.56. The van der Waals surface area contributed by atoms with Crippen molar-refractivity contribution in [3.63, 3.8) is 0 Å². The van der Waals surface area contributed by atoms with Gasteiger partial charge in [0.25, 0.3) is 0 Å². The molecule has 3 N–H and O–H groups in total. The number of aromatic nitrogens is 1. The Bertz CT molecular complexity index is 635. The van der Waals surface area contributed by atoms with Crippen molar-refractivity contribution < 1.29 is 0 Å². The molecule has 0 unspecified atom stereocenters. The predicted octanol–water partition coefficient (Wildman–Crippen LogP) is 3.58. The van der Waals surface area contributed by atoms with E-state index in [0.29, 0.717) is 11.2 Å². The van der Waals surface area contributed by atoms with Gasteiger partial charge >= 0.3 is 0 Å². The zero-order chi connectivity index (χ0) is 14.7. The second-order valence-electron chi connectivity index (χ2n) is 5.24. The minimum Gasteiger partial charge on any atom is -0.360 e. The number of thiocarbonyl (C=S) groups is 1. The molecule has 1 aromatic heterocycles. The average Bonchev–Trinajstić information content (AvgIpc) is 3.27. The molecule has 4 nitrogen and oxygen atoms in total. The van der Waals surface area contributed by atoms with Crippen LogP contribution in [0.4, 0.5) is 17.2 Å². The first-order valence-corrected chi connectivity index (χ1v) is 7.48. The highest BCUT2D eigenvalue weighted by Gasteiger charge is 2.21. The van der Waals surface area contributed by atoms with Crippen molar-refractivity contribution in [2.24, 2.45) is 0 Å². The third kappa shape index (κ3) is 3.92. The summed E-state index contributed by atoms with van der Waals surface area (Å²) in [5, 5.41) is 10.4. The maximum Gasteiger partial charge on any atom is 0.171 e. The molecule has 0 spiro atoms. The van der Waals surface area contributed by atoms with Gasteiger partial charge in [-0.1, -0.05) is 18.2 Å². The van der Waals surface area contributed by atoms with Crippen LogP contribution < -0.4 is 16.0 Å². The van der Waals surface area contributed by atoms with Crippen molar-refractivity contribution in [3.05, 3.63) is 48.2 Å². The molecular weight excluding hydrogens is 280 g/mol. The molecule has 2 aromatic rings. The number of pyridine rings is 1. The van der Waals surface area contributed by atoms with Crippen LogP contribution in [0.5, 0.6) is 0 Å². The Labute approximate surface area is 130 Å². The van der Waals surface area contributed by atoms with Gasteiger partial charge in [0.15, 0.2) is 5.11 Å². The van der Waals surface area contributed by atoms with Crippen LogP contribution in [0.25, 0.3) is 0 Å². The van der Waals surface area contributed by atoms with Gasteiger partial charge < -0.3 is 16.0 Å². The summed E-state index contributed by atoms with van der Waals surface area (Å²) < 4.78 is 0. The molecular formula is C16H18N4S. The van der Waals surface area contributed by atoms with Crippen molar-refractivity contribution in [1.29, 1.82) is 0 Å². The van der Waals surface area contributed by atoms with Crippen LogP contribution in [0, 0.1) is 6.92 Å². The first-order chi connectivity index (χ1) is 10.2. The highest BCUT2D eigenvalue weighted by Crippen LogP contribution is 2.20. The number of nitrogens with one attached hydrogen (secondary N) is 3. The Morgan fingerprint density at radius 1 is 1.19 bits per heavy atom. The molecule has 0 radical (unpaired) electrons. The van der Waals surface area contributed by atoms with Crippen molar-refractivity contribution in [3.8, 4) is 0 Å². The van der Waals surface area contributed by atoms with Crippen LogP contribution in [0.3, 0.4) is 0 Å². The van der Waals surface area contributed by atoms with E-state index >= 15 is 0 Å². The van der Waals surface area contributed by atoms with E-state index in [1.54, 1.807) is 6.20 Å². The summed E-state index contributed by atoms with van der Waals surface area (Å²) in [6, 6.07) is 12.6. The lowest BCUT2D eigenvalue weighted by atomic mass is 10.2. The first-order valence-electron chi connectivity index (χ1n) is 7.07. The Balaban J connectivity index is 1.61. The zero-order valence-electron chi connectivity index (χ0n) is 11.9. The van der Waals surface area contributed by atoms with Crippen molar-refractivity contribution in [2.75, 3.05) is 10.6 Å². The van der Waals surface area contributed by atoms with Crippen molar-refractivity contribution in [2.45, 2.75) is 25.8 Å². The summed E-state index contributed by atoms with van der Waals surface area (Å²) in [6.07, 6.45) is 4.19. The number of aryl methyl sites for hydroxylation is 1. The van der Waals surface area contributed by atoms with E-state index in [1.807, 2.05) is 30.3 Å². The highest BCUT2D eigenvalue weighted by atomic mass is 32.1. The van der Waals surface area contributed by atoms with Gasteiger partial charge in [-0.15, -0.1) is 0 Å². The molecule has 1 aliphatic rings. The van der Waals surface area contributed by atoms with Gasteiger partial charge in [0.1, 0.15) is 5.82 Å². The summed E-state index contributed by atoms with van der Waals surface area (Å²) in [6.45, 7) is 2.07. The maximum absolute atomic E-state index is 5.24. The average molecular weight is 298 g/mol. The normalized spacial score (nSPS) is 13.6. The van der Waals surface area contributed by atoms with Crippen LogP contribution in [0.15, 0.2) is 42.6 Å².